The van der Waals surface area contributed by atoms with E-state index in [0.717, 1.165) is 22.2 Å². The van der Waals surface area contributed by atoms with Gasteiger partial charge in [0.05, 0.1) is 5.41 Å². The van der Waals surface area contributed by atoms with Gasteiger partial charge < -0.3 is 10.3 Å². The Morgan fingerprint density at radius 3 is 2.28 bits per heavy atom. The van der Waals surface area contributed by atoms with Crippen LogP contribution in [0.25, 0.3) is 10.9 Å². The number of amides is 1. The number of carbonyl (C=O) groups excluding carboxylic acids is 2. The van der Waals surface area contributed by atoms with E-state index in [2.05, 4.69) is 10.3 Å². The monoisotopic (exact) mass is 334 g/mol. The van der Waals surface area contributed by atoms with Crippen molar-refractivity contribution < 1.29 is 9.59 Å². The number of hydrogen-bond acceptors (Lipinski definition) is 2. The largest absolute Gasteiger partial charge is 0.358 e. The summed E-state index contributed by atoms with van der Waals surface area (Å²) >= 11 is 0. The zero-order valence-electron chi connectivity index (χ0n) is 14.9. The zero-order valence-corrected chi connectivity index (χ0v) is 14.9. The number of para-hydroxylation sites is 1. The van der Waals surface area contributed by atoms with Crippen LogP contribution < -0.4 is 5.32 Å². The van der Waals surface area contributed by atoms with Crippen molar-refractivity contribution in [3.8, 4) is 0 Å². The molecule has 25 heavy (non-hydrogen) atoms. The molecular formula is C21H22N2O2. The predicted octanol–water partition coefficient (Wildman–Crippen LogP) is 4.60. The van der Waals surface area contributed by atoms with Crippen molar-refractivity contribution in [2.45, 2.75) is 33.1 Å². The van der Waals surface area contributed by atoms with Crippen molar-refractivity contribution in [3.05, 3.63) is 65.4 Å². The van der Waals surface area contributed by atoms with E-state index in [9.17, 15) is 9.59 Å². The Kier molecular flexibility index (Phi) is 4.21. The third kappa shape index (κ3) is 3.07. The first-order valence-electron chi connectivity index (χ1n) is 8.31. The van der Waals surface area contributed by atoms with E-state index in [1.165, 1.54) is 6.92 Å². The smallest absolute Gasteiger partial charge is 0.234 e. The van der Waals surface area contributed by atoms with Crippen LogP contribution in [-0.4, -0.2) is 16.7 Å². The summed E-state index contributed by atoms with van der Waals surface area (Å²) in [5, 5.41) is 4.03. The number of nitrogens with one attached hydrogen (secondary N) is 2. The van der Waals surface area contributed by atoms with Crippen molar-refractivity contribution in [1.82, 2.24) is 4.98 Å². The van der Waals surface area contributed by atoms with Gasteiger partial charge >= 0.3 is 0 Å². The second kappa shape index (κ2) is 6.20. The average Bonchev–Trinajstić information content (AvgIpc) is 2.91. The van der Waals surface area contributed by atoms with Crippen LogP contribution in [0.3, 0.4) is 0 Å². The lowest BCUT2D eigenvalue weighted by Crippen LogP contribution is -2.35. The summed E-state index contributed by atoms with van der Waals surface area (Å²) in [5.74, 6) is -0.0800. The molecule has 128 valence electrons. The van der Waals surface area contributed by atoms with Crippen LogP contribution in [0.15, 0.2) is 48.5 Å². The molecule has 0 aliphatic heterocycles. The van der Waals surface area contributed by atoms with E-state index < -0.39 is 5.41 Å². The molecule has 0 saturated carbocycles. The molecule has 2 N–H and O–H groups in total. The molecule has 1 heterocycles. The number of hydrogen-bond donors (Lipinski definition) is 2. The van der Waals surface area contributed by atoms with Gasteiger partial charge in [-0.25, -0.2) is 0 Å². The molecule has 3 rings (SSSR count). The normalized spacial score (nSPS) is 11.5. The van der Waals surface area contributed by atoms with Gasteiger partial charge in [0.1, 0.15) is 0 Å². The highest BCUT2D eigenvalue weighted by Crippen LogP contribution is 2.34. The van der Waals surface area contributed by atoms with Gasteiger partial charge in [0.2, 0.25) is 5.91 Å². The van der Waals surface area contributed by atoms with Crippen molar-refractivity contribution in [2.75, 3.05) is 5.32 Å². The topological polar surface area (TPSA) is 62.0 Å². The third-order valence-corrected chi connectivity index (χ3v) is 4.64. The second-order valence-corrected chi connectivity index (χ2v) is 6.88. The third-order valence-electron chi connectivity index (χ3n) is 4.64. The summed E-state index contributed by atoms with van der Waals surface area (Å²) in [5.41, 5.74) is 3.63. The second-order valence-electron chi connectivity index (χ2n) is 6.88. The summed E-state index contributed by atoms with van der Waals surface area (Å²) in [6, 6.07) is 15.0. The van der Waals surface area contributed by atoms with Crippen molar-refractivity contribution in [2.24, 2.45) is 0 Å². The van der Waals surface area contributed by atoms with Gasteiger partial charge in [-0.05, 0) is 63.6 Å². The Balaban J connectivity index is 1.92. The molecule has 0 unspecified atom stereocenters. The first kappa shape index (κ1) is 17.0. The fraction of sp³-hybridized carbons (Fsp3) is 0.238. The number of H-pyrrole nitrogens is 1. The Morgan fingerprint density at radius 2 is 1.64 bits per heavy atom. The van der Waals surface area contributed by atoms with Crippen LogP contribution in [-0.2, 0) is 10.2 Å². The van der Waals surface area contributed by atoms with E-state index in [-0.39, 0.29) is 11.7 Å². The Bertz CT molecular complexity index is 950. The summed E-state index contributed by atoms with van der Waals surface area (Å²) in [6.45, 7) is 7.37. The van der Waals surface area contributed by atoms with Gasteiger partial charge in [0, 0.05) is 27.8 Å². The summed E-state index contributed by atoms with van der Waals surface area (Å²) in [6.07, 6.45) is 0. The number of aromatic amines is 1. The molecule has 0 bridgehead atoms. The van der Waals surface area contributed by atoms with E-state index in [0.29, 0.717) is 11.3 Å². The van der Waals surface area contributed by atoms with Crippen LogP contribution in [0, 0.1) is 6.92 Å². The molecular weight excluding hydrogens is 312 g/mol. The summed E-state index contributed by atoms with van der Waals surface area (Å²) in [7, 11) is 0. The number of anilines is 1. The quantitative estimate of drug-likeness (QED) is 0.685. The number of rotatable bonds is 4. The highest BCUT2D eigenvalue weighted by Gasteiger charge is 2.34. The maximum atomic E-state index is 13.0. The van der Waals surface area contributed by atoms with Gasteiger partial charge in [-0.2, -0.15) is 0 Å². The average molecular weight is 334 g/mol. The SMILES string of the molecule is CC(=O)c1ccc(NC(=O)C(C)(C)c2c(C)[nH]c3ccccc23)cc1. The molecule has 2 aromatic carbocycles. The zero-order chi connectivity index (χ0) is 18.2. The molecule has 0 aliphatic carbocycles. The molecule has 4 nitrogen and oxygen atoms in total. The molecule has 1 aromatic heterocycles. The lowest BCUT2D eigenvalue weighted by Gasteiger charge is -2.24. The number of carbonyl (C=O) groups is 2. The van der Waals surface area contributed by atoms with Crippen molar-refractivity contribution in [3.63, 3.8) is 0 Å². The summed E-state index contributed by atoms with van der Waals surface area (Å²) < 4.78 is 0. The Morgan fingerprint density at radius 1 is 1.00 bits per heavy atom. The number of Topliss-reactive ketones (excluding diaryl/α,β-unsaturated/α-hetero) is 1. The minimum Gasteiger partial charge on any atom is -0.358 e. The maximum Gasteiger partial charge on any atom is 0.234 e. The van der Waals surface area contributed by atoms with Crippen LogP contribution in [0.5, 0.6) is 0 Å². The lowest BCUT2D eigenvalue weighted by molar-refractivity contribution is -0.120. The van der Waals surface area contributed by atoms with Gasteiger partial charge in [0.15, 0.2) is 5.78 Å². The van der Waals surface area contributed by atoms with Gasteiger partial charge in [-0.3, -0.25) is 9.59 Å². The van der Waals surface area contributed by atoms with Crippen molar-refractivity contribution in [1.29, 1.82) is 0 Å². The number of aromatic nitrogens is 1. The van der Waals surface area contributed by atoms with Gasteiger partial charge in [0.25, 0.3) is 0 Å². The van der Waals surface area contributed by atoms with Crippen LogP contribution in [0.2, 0.25) is 0 Å². The predicted molar refractivity (Wildman–Crippen MR) is 101 cm³/mol. The van der Waals surface area contributed by atoms with E-state index in [1.807, 2.05) is 45.0 Å². The molecule has 3 aromatic rings. The van der Waals surface area contributed by atoms with Crippen LogP contribution in [0.4, 0.5) is 5.69 Å². The van der Waals surface area contributed by atoms with Gasteiger partial charge in [-0.15, -0.1) is 0 Å². The van der Waals surface area contributed by atoms with E-state index in [4.69, 9.17) is 0 Å². The fourth-order valence-electron chi connectivity index (χ4n) is 3.27. The lowest BCUT2D eigenvalue weighted by atomic mass is 9.81. The molecule has 0 aliphatic rings. The highest BCUT2D eigenvalue weighted by molar-refractivity contribution is 6.02. The van der Waals surface area contributed by atoms with E-state index in [1.54, 1.807) is 24.3 Å². The number of aryl methyl sites for hydroxylation is 1. The minimum absolute atomic E-state index is 0.00706. The van der Waals surface area contributed by atoms with E-state index >= 15 is 0 Å². The number of ketones is 1. The first-order chi connectivity index (χ1) is 11.8. The first-order valence-corrected chi connectivity index (χ1v) is 8.31. The number of benzene rings is 2. The molecule has 0 atom stereocenters. The Labute approximate surface area is 147 Å². The van der Waals surface area contributed by atoms with Crippen molar-refractivity contribution >= 4 is 28.3 Å². The molecule has 0 saturated heterocycles. The minimum atomic E-state index is -0.705. The highest BCUT2D eigenvalue weighted by atomic mass is 16.2. The molecule has 0 fully saturated rings. The van der Waals surface area contributed by atoms with Gasteiger partial charge in [-0.1, -0.05) is 18.2 Å². The molecule has 1 amide bonds. The Hall–Kier alpha value is -2.88. The van der Waals surface area contributed by atoms with Crippen LogP contribution >= 0.6 is 0 Å². The number of fused-ring (bicyclic) bond motifs is 1. The molecule has 0 spiro atoms. The molecule has 0 radical (unpaired) electrons. The maximum absolute atomic E-state index is 13.0. The fourth-order valence-corrected chi connectivity index (χ4v) is 3.27. The standard InChI is InChI=1S/C21H22N2O2/c1-13-19(17-7-5-6-8-18(17)22-13)21(3,4)20(25)23-16-11-9-15(10-12-16)14(2)24/h5-12,22H,1-4H3,(H,23,25). The summed E-state index contributed by atoms with van der Waals surface area (Å²) in [4.78, 5) is 27.7. The van der Waals surface area contributed by atoms with Crippen LogP contribution in [0.1, 0.15) is 42.4 Å². The molecule has 4 heteroatoms.